The average molecular weight is 394 g/mol. The lowest BCUT2D eigenvalue weighted by Crippen LogP contribution is -2.37. The number of piperidine rings is 1. The summed E-state index contributed by atoms with van der Waals surface area (Å²) < 4.78 is 16.1. The number of ether oxygens (including phenoxy) is 3. The molecule has 1 unspecified atom stereocenters. The largest absolute Gasteiger partial charge is 0.493 e. The Kier molecular flexibility index (Phi) is 7.09. The van der Waals surface area contributed by atoms with Crippen LogP contribution in [0.25, 0.3) is 0 Å². The number of esters is 1. The molecule has 0 aromatic heterocycles. The molecule has 152 valence electrons. The molecule has 1 aliphatic rings. The Labute approximate surface area is 171 Å². The van der Waals surface area contributed by atoms with Crippen molar-refractivity contribution in [2.75, 3.05) is 33.9 Å². The van der Waals surface area contributed by atoms with Gasteiger partial charge in [-0.3, -0.25) is 4.90 Å². The van der Waals surface area contributed by atoms with Crippen LogP contribution in [0.5, 0.6) is 11.5 Å². The Balaban J connectivity index is 1.54. The normalized spacial score (nSPS) is 16.7. The summed E-state index contributed by atoms with van der Waals surface area (Å²) in [6.07, 6.45) is 2.25. The van der Waals surface area contributed by atoms with Crippen molar-refractivity contribution in [2.45, 2.75) is 19.4 Å². The van der Waals surface area contributed by atoms with E-state index in [1.54, 1.807) is 25.3 Å². The topological polar surface area (TPSA) is 71.8 Å². The molecule has 0 spiro atoms. The predicted octanol–water partition coefficient (Wildman–Crippen LogP) is 3.64. The van der Waals surface area contributed by atoms with E-state index in [9.17, 15) is 4.79 Å². The minimum absolute atomic E-state index is 0.315. The molecule has 0 N–H and O–H groups in total. The van der Waals surface area contributed by atoms with E-state index in [1.165, 1.54) is 12.7 Å². The Morgan fingerprint density at radius 2 is 1.97 bits per heavy atom. The van der Waals surface area contributed by atoms with Gasteiger partial charge in [0.15, 0.2) is 11.5 Å². The highest BCUT2D eigenvalue weighted by Crippen LogP contribution is 2.29. The van der Waals surface area contributed by atoms with Gasteiger partial charge in [0.2, 0.25) is 0 Å². The maximum absolute atomic E-state index is 11.6. The van der Waals surface area contributed by atoms with E-state index in [0.717, 1.165) is 32.5 Å². The summed E-state index contributed by atoms with van der Waals surface area (Å²) in [4.78, 5) is 14.0. The monoisotopic (exact) mass is 394 g/mol. The maximum atomic E-state index is 11.6. The molecule has 2 aromatic carbocycles. The van der Waals surface area contributed by atoms with Crippen LogP contribution in [0, 0.1) is 17.2 Å². The molecule has 0 saturated carbocycles. The summed E-state index contributed by atoms with van der Waals surface area (Å²) in [6, 6.07) is 14.9. The highest BCUT2D eigenvalue weighted by atomic mass is 16.5. The van der Waals surface area contributed by atoms with Crippen LogP contribution < -0.4 is 9.47 Å². The molecule has 1 saturated heterocycles. The first-order chi connectivity index (χ1) is 14.1. The van der Waals surface area contributed by atoms with Crippen LogP contribution in [-0.4, -0.2) is 44.8 Å². The zero-order valence-electron chi connectivity index (χ0n) is 16.9. The smallest absolute Gasteiger partial charge is 0.337 e. The number of likely N-dealkylation sites (tertiary alicyclic amines) is 1. The van der Waals surface area contributed by atoms with Gasteiger partial charge in [0.05, 0.1) is 38.0 Å². The number of nitrogens with zero attached hydrogens (tertiary/aromatic N) is 2. The average Bonchev–Trinajstić information content (AvgIpc) is 2.77. The van der Waals surface area contributed by atoms with Gasteiger partial charge < -0.3 is 14.2 Å². The molecular weight excluding hydrogens is 368 g/mol. The summed E-state index contributed by atoms with van der Waals surface area (Å²) in [5.41, 5.74) is 2.29. The zero-order chi connectivity index (χ0) is 20.6. The predicted molar refractivity (Wildman–Crippen MR) is 109 cm³/mol. The lowest BCUT2D eigenvalue weighted by molar-refractivity contribution is 0.0600. The third kappa shape index (κ3) is 5.49. The maximum Gasteiger partial charge on any atom is 0.337 e. The number of hydrogen-bond donors (Lipinski definition) is 0. The molecule has 0 aliphatic carbocycles. The van der Waals surface area contributed by atoms with Crippen molar-refractivity contribution < 1.29 is 19.0 Å². The van der Waals surface area contributed by atoms with E-state index in [1.807, 2.05) is 24.3 Å². The zero-order valence-corrected chi connectivity index (χ0v) is 16.9. The van der Waals surface area contributed by atoms with Crippen LogP contribution in [0.2, 0.25) is 0 Å². The van der Waals surface area contributed by atoms with Gasteiger partial charge in [-0.05, 0) is 49.2 Å². The lowest BCUT2D eigenvalue weighted by atomic mass is 9.98. The van der Waals surface area contributed by atoms with Crippen molar-refractivity contribution >= 4 is 5.97 Å². The van der Waals surface area contributed by atoms with Crippen LogP contribution in [0.3, 0.4) is 0 Å². The molecule has 1 fully saturated rings. The summed E-state index contributed by atoms with van der Waals surface area (Å²) >= 11 is 0. The summed E-state index contributed by atoms with van der Waals surface area (Å²) in [5.74, 6) is 1.37. The van der Waals surface area contributed by atoms with E-state index >= 15 is 0 Å². The molecule has 2 aromatic rings. The molecule has 0 radical (unpaired) electrons. The van der Waals surface area contributed by atoms with Gasteiger partial charge in [-0.15, -0.1) is 0 Å². The fourth-order valence-corrected chi connectivity index (χ4v) is 3.62. The van der Waals surface area contributed by atoms with Gasteiger partial charge in [-0.25, -0.2) is 4.79 Å². The molecule has 1 atom stereocenters. The van der Waals surface area contributed by atoms with Crippen molar-refractivity contribution in [3.05, 3.63) is 59.2 Å². The van der Waals surface area contributed by atoms with Crippen molar-refractivity contribution in [2.24, 2.45) is 5.92 Å². The molecule has 0 amide bonds. The number of carbonyl (C=O) groups excluding carboxylic acids is 1. The van der Waals surface area contributed by atoms with E-state index in [-0.39, 0.29) is 5.97 Å². The van der Waals surface area contributed by atoms with Gasteiger partial charge in [0.1, 0.15) is 0 Å². The molecule has 3 rings (SSSR count). The number of methoxy groups -OCH3 is 2. The van der Waals surface area contributed by atoms with Gasteiger partial charge in [0.25, 0.3) is 0 Å². The van der Waals surface area contributed by atoms with Gasteiger partial charge >= 0.3 is 5.97 Å². The third-order valence-corrected chi connectivity index (χ3v) is 5.15. The van der Waals surface area contributed by atoms with Gasteiger partial charge in [0, 0.05) is 25.1 Å². The fourth-order valence-electron chi connectivity index (χ4n) is 3.62. The minimum Gasteiger partial charge on any atom is -0.493 e. The lowest BCUT2D eigenvalue weighted by Gasteiger charge is -2.32. The van der Waals surface area contributed by atoms with Gasteiger partial charge in [-0.1, -0.05) is 12.1 Å². The third-order valence-electron chi connectivity index (χ3n) is 5.15. The second-order valence-corrected chi connectivity index (χ2v) is 7.22. The molecule has 0 bridgehead atoms. The first kappa shape index (κ1) is 20.7. The van der Waals surface area contributed by atoms with Gasteiger partial charge in [-0.2, -0.15) is 5.26 Å². The molecule has 29 heavy (non-hydrogen) atoms. The Morgan fingerprint density at radius 3 is 2.66 bits per heavy atom. The number of rotatable bonds is 7. The molecule has 1 heterocycles. The fraction of sp³-hybridized carbons (Fsp3) is 0.391. The minimum atomic E-state index is -0.315. The first-order valence-electron chi connectivity index (χ1n) is 9.73. The number of hydrogen-bond acceptors (Lipinski definition) is 6. The number of nitriles is 1. The van der Waals surface area contributed by atoms with Crippen molar-refractivity contribution in [1.82, 2.24) is 4.90 Å². The Bertz CT molecular complexity index is 873. The van der Waals surface area contributed by atoms with Crippen molar-refractivity contribution in [3.63, 3.8) is 0 Å². The molecular formula is C23H26N2O4. The van der Waals surface area contributed by atoms with Crippen LogP contribution in [0.15, 0.2) is 42.5 Å². The highest BCUT2D eigenvalue weighted by Gasteiger charge is 2.21. The molecule has 1 aliphatic heterocycles. The molecule has 6 heteroatoms. The number of benzene rings is 2. The highest BCUT2D eigenvalue weighted by molar-refractivity contribution is 5.89. The Morgan fingerprint density at radius 1 is 1.17 bits per heavy atom. The summed E-state index contributed by atoms with van der Waals surface area (Å²) in [5, 5.41) is 9.01. The summed E-state index contributed by atoms with van der Waals surface area (Å²) in [7, 11) is 2.97. The number of carbonyl (C=O) groups is 1. The van der Waals surface area contributed by atoms with E-state index in [4.69, 9.17) is 19.5 Å². The van der Waals surface area contributed by atoms with Crippen LogP contribution in [0.4, 0.5) is 0 Å². The van der Waals surface area contributed by atoms with E-state index in [0.29, 0.717) is 35.2 Å². The van der Waals surface area contributed by atoms with Crippen LogP contribution in [0.1, 0.15) is 34.3 Å². The van der Waals surface area contributed by atoms with Crippen molar-refractivity contribution in [1.29, 1.82) is 5.26 Å². The standard InChI is InChI=1S/C23H26N2O4/c1-27-22-12-18(13-24)7-10-21(22)29-16-19-4-3-11-25(15-19)14-17-5-8-20(9-6-17)23(26)28-2/h5-10,12,19H,3-4,11,14-16H2,1-2H3. The van der Waals surface area contributed by atoms with E-state index in [2.05, 4.69) is 11.0 Å². The first-order valence-corrected chi connectivity index (χ1v) is 9.73. The quantitative estimate of drug-likeness (QED) is 0.668. The van der Waals surface area contributed by atoms with Crippen molar-refractivity contribution in [3.8, 4) is 17.6 Å². The second kappa shape index (κ2) is 9.94. The second-order valence-electron chi connectivity index (χ2n) is 7.22. The molecule has 6 nitrogen and oxygen atoms in total. The van der Waals surface area contributed by atoms with Crippen LogP contribution in [-0.2, 0) is 11.3 Å². The Hall–Kier alpha value is -3.04. The SMILES string of the molecule is COC(=O)c1ccc(CN2CCCC(COc3ccc(C#N)cc3OC)C2)cc1. The van der Waals surface area contributed by atoms with E-state index < -0.39 is 0 Å². The summed E-state index contributed by atoms with van der Waals surface area (Å²) in [6.45, 7) is 3.46. The van der Waals surface area contributed by atoms with Crippen LogP contribution >= 0.6 is 0 Å².